The third-order valence-corrected chi connectivity index (χ3v) is 6.18. The maximum absolute atomic E-state index is 13.4. The second-order valence-electron chi connectivity index (χ2n) is 6.67. The van der Waals surface area contributed by atoms with Crippen LogP contribution in [0, 0.1) is 6.92 Å². The summed E-state index contributed by atoms with van der Waals surface area (Å²) in [5.74, 6) is 0.188. The van der Waals surface area contributed by atoms with Gasteiger partial charge in [0.2, 0.25) is 5.91 Å². The van der Waals surface area contributed by atoms with E-state index < -0.39 is 15.9 Å². The average Bonchev–Trinajstić information content (AvgIpc) is 2.74. The van der Waals surface area contributed by atoms with Crippen molar-refractivity contribution in [1.82, 2.24) is 0 Å². The molecule has 3 rings (SSSR count). The molecule has 0 bridgehead atoms. The second-order valence-corrected chi connectivity index (χ2v) is 8.53. The van der Waals surface area contributed by atoms with Crippen LogP contribution < -0.4 is 14.4 Å². The molecule has 1 N–H and O–H groups in total. The summed E-state index contributed by atoms with van der Waals surface area (Å²) in [6, 6.07) is 22.1. The summed E-state index contributed by atoms with van der Waals surface area (Å²) in [4.78, 5) is 12.8. The first-order chi connectivity index (χ1) is 14.4. The fraction of sp³-hybridized carbons (Fsp3) is 0.174. The van der Waals surface area contributed by atoms with Gasteiger partial charge in [-0.3, -0.25) is 9.10 Å². The topological polar surface area (TPSA) is 75.7 Å². The van der Waals surface area contributed by atoms with Gasteiger partial charge in [0.1, 0.15) is 12.3 Å². The molecule has 3 aromatic rings. The molecule has 156 valence electrons. The Kier molecular flexibility index (Phi) is 6.74. The smallest absolute Gasteiger partial charge is 0.264 e. The van der Waals surface area contributed by atoms with Gasteiger partial charge >= 0.3 is 0 Å². The van der Waals surface area contributed by atoms with Crippen LogP contribution in [0.1, 0.15) is 12.5 Å². The van der Waals surface area contributed by atoms with Crippen molar-refractivity contribution in [2.24, 2.45) is 0 Å². The molecule has 0 unspecified atom stereocenters. The van der Waals surface area contributed by atoms with E-state index in [4.69, 9.17) is 4.74 Å². The molecule has 0 aliphatic carbocycles. The molecule has 6 nitrogen and oxygen atoms in total. The maximum Gasteiger partial charge on any atom is 0.264 e. The van der Waals surface area contributed by atoms with E-state index in [0.717, 1.165) is 9.87 Å². The van der Waals surface area contributed by atoms with Gasteiger partial charge in [-0.2, -0.15) is 0 Å². The van der Waals surface area contributed by atoms with E-state index in [1.54, 1.807) is 72.8 Å². The van der Waals surface area contributed by atoms with Gasteiger partial charge in [0, 0.05) is 5.69 Å². The monoisotopic (exact) mass is 424 g/mol. The third-order valence-electron chi connectivity index (χ3n) is 4.39. The zero-order valence-electron chi connectivity index (χ0n) is 16.9. The lowest BCUT2D eigenvalue weighted by Gasteiger charge is -2.24. The van der Waals surface area contributed by atoms with Crippen LogP contribution in [0.2, 0.25) is 0 Å². The number of aryl methyl sites for hydroxylation is 1. The SMILES string of the molecule is CCOc1ccc(N(CC(=O)Nc2ccccc2)S(=O)(=O)c2ccc(C)cc2)cc1. The summed E-state index contributed by atoms with van der Waals surface area (Å²) in [6.45, 7) is 3.90. The highest BCUT2D eigenvalue weighted by molar-refractivity contribution is 7.92. The molecular formula is C23H24N2O4S. The maximum atomic E-state index is 13.4. The summed E-state index contributed by atoms with van der Waals surface area (Å²) in [6.07, 6.45) is 0. The standard InChI is InChI=1S/C23H24N2O4S/c1-3-29-21-13-11-20(12-14-21)25(17-23(26)24-19-7-5-4-6-8-19)30(27,28)22-15-9-18(2)10-16-22/h4-16H,3,17H2,1-2H3,(H,24,26). The fourth-order valence-electron chi connectivity index (χ4n) is 2.88. The number of carbonyl (C=O) groups is 1. The Morgan fingerprint density at radius 1 is 0.933 bits per heavy atom. The minimum atomic E-state index is -3.95. The van der Waals surface area contributed by atoms with E-state index in [-0.39, 0.29) is 11.4 Å². The van der Waals surface area contributed by atoms with Crippen molar-refractivity contribution in [2.75, 3.05) is 22.8 Å². The summed E-state index contributed by atoms with van der Waals surface area (Å²) in [7, 11) is -3.95. The van der Waals surface area contributed by atoms with E-state index in [9.17, 15) is 13.2 Å². The van der Waals surface area contributed by atoms with Crippen molar-refractivity contribution in [2.45, 2.75) is 18.7 Å². The minimum absolute atomic E-state index is 0.120. The lowest BCUT2D eigenvalue weighted by Crippen LogP contribution is -2.38. The van der Waals surface area contributed by atoms with Gasteiger partial charge in [-0.25, -0.2) is 8.42 Å². The van der Waals surface area contributed by atoms with Crippen LogP contribution in [-0.4, -0.2) is 27.5 Å². The first-order valence-electron chi connectivity index (χ1n) is 9.57. The summed E-state index contributed by atoms with van der Waals surface area (Å²) in [5, 5.41) is 2.74. The molecule has 0 heterocycles. The number of para-hydroxylation sites is 1. The molecule has 0 aliphatic heterocycles. The number of ether oxygens (including phenoxy) is 1. The Morgan fingerprint density at radius 2 is 1.57 bits per heavy atom. The summed E-state index contributed by atoms with van der Waals surface area (Å²) < 4.78 is 33.3. The number of hydrogen-bond acceptors (Lipinski definition) is 4. The minimum Gasteiger partial charge on any atom is -0.494 e. The highest BCUT2D eigenvalue weighted by Gasteiger charge is 2.27. The van der Waals surface area contributed by atoms with Crippen LogP contribution in [0.4, 0.5) is 11.4 Å². The number of anilines is 2. The number of hydrogen-bond donors (Lipinski definition) is 1. The predicted molar refractivity (Wildman–Crippen MR) is 118 cm³/mol. The van der Waals surface area contributed by atoms with Crippen molar-refractivity contribution in [3.05, 3.63) is 84.4 Å². The van der Waals surface area contributed by atoms with E-state index in [1.165, 1.54) is 0 Å². The van der Waals surface area contributed by atoms with Gasteiger partial charge in [-0.05, 0) is 62.4 Å². The number of benzene rings is 3. The number of carbonyl (C=O) groups excluding carboxylic acids is 1. The van der Waals surface area contributed by atoms with Crippen molar-refractivity contribution in [3.8, 4) is 5.75 Å². The first-order valence-corrected chi connectivity index (χ1v) is 11.0. The lowest BCUT2D eigenvalue weighted by molar-refractivity contribution is -0.114. The van der Waals surface area contributed by atoms with Gasteiger partial charge < -0.3 is 10.1 Å². The number of nitrogens with zero attached hydrogens (tertiary/aromatic N) is 1. The molecule has 0 atom stereocenters. The number of sulfonamides is 1. The Morgan fingerprint density at radius 3 is 2.17 bits per heavy atom. The van der Waals surface area contributed by atoms with Crippen LogP contribution in [-0.2, 0) is 14.8 Å². The molecular weight excluding hydrogens is 400 g/mol. The molecule has 0 radical (unpaired) electrons. The number of amides is 1. The summed E-state index contributed by atoms with van der Waals surface area (Å²) in [5.41, 5.74) is 1.92. The van der Waals surface area contributed by atoms with Crippen molar-refractivity contribution in [1.29, 1.82) is 0 Å². The quantitative estimate of drug-likeness (QED) is 0.587. The molecule has 0 saturated carbocycles. The number of nitrogens with one attached hydrogen (secondary N) is 1. The van der Waals surface area contributed by atoms with E-state index >= 15 is 0 Å². The molecule has 1 amide bonds. The average molecular weight is 425 g/mol. The lowest BCUT2D eigenvalue weighted by atomic mass is 10.2. The predicted octanol–water partition coefficient (Wildman–Crippen LogP) is 4.23. The molecule has 0 saturated heterocycles. The van der Waals surface area contributed by atoms with Crippen molar-refractivity contribution >= 4 is 27.3 Å². The highest BCUT2D eigenvalue weighted by atomic mass is 32.2. The van der Waals surface area contributed by atoms with Crippen LogP contribution in [0.3, 0.4) is 0 Å². The Bertz CT molecular complexity index is 1080. The normalized spacial score (nSPS) is 11.0. The molecule has 7 heteroatoms. The molecule has 0 fully saturated rings. The molecule has 0 aliphatic rings. The van der Waals surface area contributed by atoms with Crippen molar-refractivity contribution in [3.63, 3.8) is 0 Å². The Hall–Kier alpha value is -3.32. The largest absolute Gasteiger partial charge is 0.494 e. The summed E-state index contributed by atoms with van der Waals surface area (Å²) >= 11 is 0. The van der Waals surface area contributed by atoms with Crippen LogP contribution >= 0.6 is 0 Å². The van der Waals surface area contributed by atoms with Gasteiger partial charge in [0.15, 0.2) is 0 Å². The van der Waals surface area contributed by atoms with E-state index in [0.29, 0.717) is 23.7 Å². The Balaban J connectivity index is 1.93. The molecule has 30 heavy (non-hydrogen) atoms. The zero-order chi connectivity index (χ0) is 21.6. The number of rotatable bonds is 8. The van der Waals surface area contributed by atoms with Crippen LogP contribution in [0.5, 0.6) is 5.75 Å². The zero-order valence-corrected chi connectivity index (χ0v) is 17.7. The molecule has 0 aromatic heterocycles. The Labute approximate surface area is 177 Å². The van der Waals surface area contributed by atoms with Crippen LogP contribution in [0.15, 0.2) is 83.8 Å². The van der Waals surface area contributed by atoms with Crippen LogP contribution in [0.25, 0.3) is 0 Å². The van der Waals surface area contributed by atoms with E-state index in [2.05, 4.69) is 5.32 Å². The molecule has 0 spiro atoms. The molecule has 3 aromatic carbocycles. The highest BCUT2D eigenvalue weighted by Crippen LogP contribution is 2.26. The first kappa shape index (κ1) is 21.4. The second kappa shape index (κ2) is 9.45. The van der Waals surface area contributed by atoms with Crippen molar-refractivity contribution < 1.29 is 17.9 Å². The van der Waals surface area contributed by atoms with E-state index in [1.807, 2.05) is 19.9 Å². The van der Waals surface area contributed by atoms with Gasteiger partial charge in [0.05, 0.1) is 17.2 Å². The van der Waals surface area contributed by atoms with Gasteiger partial charge in [0.25, 0.3) is 10.0 Å². The third kappa shape index (κ3) is 5.18. The fourth-order valence-corrected chi connectivity index (χ4v) is 4.30. The van der Waals surface area contributed by atoms with Gasteiger partial charge in [-0.15, -0.1) is 0 Å². The van der Waals surface area contributed by atoms with Gasteiger partial charge in [-0.1, -0.05) is 35.9 Å².